The second-order valence-electron chi connectivity index (χ2n) is 3.65. The van der Waals surface area contributed by atoms with E-state index in [1.165, 1.54) is 0 Å². The number of ether oxygens (including phenoxy) is 1. The first-order valence-corrected chi connectivity index (χ1v) is 7.03. The van der Waals surface area contributed by atoms with E-state index in [-0.39, 0.29) is 24.8 Å². The first-order chi connectivity index (χ1) is 7.55. The largest absolute Gasteiger partial charge is 0.370 e. The lowest BCUT2D eigenvalue weighted by molar-refractivity contribution is -0.142. The fourth-order valence-electron chi connectivity index (χ4n) is 1.46. The van der Waals surface area contributed by atoms with Crippen molar-refractivity contribution in [2.45, 2.75) is 13.3 Å². The quantitative estimate of drug-likeness (QED) is 0.668. The SMILES string of the molecule is CCCS(=O)(=O)NCCN1CCOCC1=O. The summed E-state index contributed by atoms with van der Waals surface area (Å²) in [5.74, 6) is 0.0466. The molecule has 0 aromatic heterocycles. The van der Waals surface area contributed by atoms with E-state index < -0.39 is 10.0 Å². The van der Waals surface area contributed by atoms with Gasteiger partial charge in [0.2, 0.25) is 15.9 Å². The van der Waals surface area contributed by atoms with E-state index in [1.54, 1.807) is 4.90 Å². The Kier molecular flexibility index (Phi) is 5.17. The molecule has 0 aromatic rings. The Labute approximate surface area is 96.0 Å². The van der Waals surface area contributed by atoms with Crippen LogP contribution in [-0.2, 0) is 19.6 Å². The van der Waals surface area contributed by atoms with Gasteiger partial charge in [0.25, 0.3) is 0 Å². The highest BCUT2D eigenvalue weighted by molar-refractivity contribution is 7.89. The van der Waals surface area contributed by atoms with Gasteiger partial charge in [-0.15, -0.1) is 0 Å². The predicted molar refractivity (Wildman–Crippen MR) is 59.5 cm³/mol. The zero-order chi connectivity index (χ0) is 12.0. The average molecular weight is 250 g/mol. The number of carbonyl (C=O) groups is 1. The van der Waals surface area contributed by atoms with Gasteiger partial charge in [0.05, 0.1) is 12.4 Å². The van der Waals surface area contributed by atoms with Crippen molar-refractivity contribution in [3.8, 4) is 0 Å². The normalized spacial score (nSPS) is 17.8. The zero-order valence-electron chi connectivity index (χ0n) is 9.44. The van der Waals surface area contributed by atoms with Gasteiger partial charge in [0, 0.05) is 19.6 Å². The number of morpholine rings is 1. The van der Waals surface area contributed by atoms with Crippen molar-refractivity contribution in [1.82, 2.24) is 9.62 Å². The molecule has 1 rings (SSSR count). The van der Waals surface area contributed by atoms with Gasteiger partial charge in [0.1, 0.15) is 6.61 Å². The van der Waals surface area contributed by atoms with Crippen molar-refractivity contribution in [2.24, 2.45) is 0 Å². The van der Waals surface area contributed by atoms with Crippen molar-refractivity contribution in [3.63, 3.8) is 0 Å². The number of sulfonamides is 1. The smallest absolute Gasteiger partial charge is 0.248 e. The molecule has 1 aliphatic rings. The first kappa shape index (κ1) is 13.4. The molecule has 7 heteroatoms. The Morgan fingerprint density at radius 2 is 2.25 bits per heavy atom. The van der Waals surface area contributed by atoms with Gasteiger partial charge in [0.15, 0.2) is 0 Å². The Morgan fingerprint density at radius 3 is 2.88 bits per heavy atom. The van der Waals surface area contributed by atoms with Crippen LogP contribution in [0.15, 0.2) is 0 Å². The molecule has 0 radical (unpaired) electrons. The third-order valence-electron chi connectivity index (χ3n) is 2.26. The van der Waals surface area contributed by atoms with Gasteiger partial charge in [-0.25, -0.2) is 13.1 Å². The van der Waals surface area contributed by atoms with Crippen LogP contribution in [0.3, 0.4) is 0 Å². The lowest BCUT2D eigenvalue weighted by atomic mass is 10.4. The first-order valence-electron chi connectivity index (χ1n) is 5.38. The fraction of sp³-hybridized carbons (Fsp3) is 0.889. The molecule has 1 aliphatic heterocycles. The Hall–Kier alpha value is -0.660. The molecule has 0 saturated carbocycles. The summed E-state index contributed by atoms with van der Waals surface area (Å²) < 4.78 is 30.1. The summed E-state index contributed by atoms with van der Waals surface area (Å²) in [7, 11) is -3.17. The lowest BCUT2D eigenvalue weighted by Gasteiger charge is -2.26. The molecule has 0 bridgehead atoms. The number of hydrogen-bond donors (Lipinski definition) is 1. The van der Waals surface area contributed by atoms with Gasteiger partial charge in [-0.2, -0.15) is 0 Å². The van der Waals surface area contributed by atoms with Crippen LogP contribution < -0.4 is 4.72 Å². The number of hydrogen-bond acceptors (Lipinski definition) is 4. The molecule has 1 saturated heterocycles. The van der Waals surface area contributed by atoms with Crippen LogP contribution in [0.2, 0.25) is 0 Å². The predicted octanol–water partition coefficient (Wildman–Crippen LogP) is -0.825. The number of carbonyl (C=O) groups excluding carboxylic acids is 1. The Morgan fingerprint density at radius 1 is 1.50 bits per heavy atom. The third kappa shape index (κ3) is 4.46. The molecule has 0 unspecified atom stereocenters. The van der Waals surface area contributed by atoms with Crippen LogP contribution in [0.25, 0.3) is 0 Å². The van der Waals surface area contributed by atoms with Crippen LogP contribution in [-0.4, -0.2) is 57.8 Å². The lowest BCUT2D eigenvalue weighted by Crippen LogP contribution is -2.45. The monoisotopic (exact) mass is 250 g/mol. The Bertz CT molecular complexity index is 328. The maximum atomic E-state index is 11.3. The van der Waals surface area contributed by atoms with E-state index in [9.17, 15) is 13.2 Å². The number of rotatable bonds is 6. The van der Waals surface area contributed by atoms with Crippen LogP contribution in [0.1, 0.15) is 13.3 Å². The molecular weight excluding hydrogens is 232 g/mol. The highest BCUT2D eigenvalue weighted by Gasteiger charge is 2.18. The molecule has 1 N–H and O–H groups in total. The number of amides is 1. The van der Waals surface area contributed by atoms with Crippen LogP contribution in [0, 0.1) is 0 Å². The van der Waals surface area contributed by atoms with Crippen molar-refractivity contribution in [1.29, 1.82) is 0 Å². The molecule has 0 atom stereocenters. The summed E-state index contributed by atoms with van der Waals surface area (Å²) in [4.78, 5) is 12.9. The average Bonchev–Trinajstić information content (AvgIpc) is 2.20. The summed E-state index contributed by atoms with van der Waals surface area (Å²) in [6.45, 7) is 3.65. The number of nitrogens with one attached hydrogen (secondary N) is 1. The summed E-state index contributed by atoms with van der Waals surface area (Å²) >= 11 is 0. The highest BCUT2D eigenvalue weighted by Crippen LogP contribution is 1.97. The summed E-state index contributed by atoms with van der Waals surface area (Å²) in [6.07, 6.45) is 0.589. The second kappa shape index (κ2) is 6.17. The summed E-state index contributed by atoms with van der Waals surface area (Å²) in [5.41, 5.74) is 0. The molecule has 16 heavy (non-hydrogen) atoms. The van der Waals surface area contributed by atoms with Crippen LogP contribution in [0.4, 0.5) is 0 Å². The summed E-state index contributed by atoms with van der Waals surface area (Å²) in [5, 5.41) is 0. The van der Waals surface area contributed by atoms with Gasteiger partial charge in [-0.1, -0.05) is 6.92 Å². The molecule has 0 spiro atoms. The molecule has 1 amide bonds. The van der Waals surface area contributed by atoms with Gasteiger partial charge in [-0.3, -0.25) is 4.79 Å². The van der Waals surface area contributed by atoms with Gasteiger partial charge < -0.3 is 9.64 Å². The van der Waals surface area contributed by atoms with Crippen molar-refractivity contribution in [3.05, 3.63) is 0 Å². The highest BCUT2D eigenvalue weighted by atomic mass is 32.2. The standard InChI is InChI=1S/C9H18N2O4S/c1-2-7-16(13,14)10-3-4-11-5-6-15-8-9(11)12/h10H,2-8H2,1H3. The molecular formula is C9H18N2O4S. The maximum Gasteiger partial charge on any atom is 0.248 e. The van der Waals surface area contributed by atoms with Crippen molar-refractivity contribution < 1.29 is 17.9 Å². The van der Waals surface area contributed by atoms with Gasteiger partial charge in [-0.05, 0) is 6.42 Å². The molecule has 6 nitrogen and oxygen atoms in total. The minimum absolute atomic E-state index is 0.0825. The fourth-order valence-corrected chi connectivity index (χ4v) is 2.55. The van der Waals surface area contributed by atoms with E-state index >= 15 is 0 Å². The van der Waals surface area contributed by atoms with Crippen molar-refractivity contribution >= 4 is 15.9 Å². The van der Waals surface area contributed by atoms with E-state index in [1.807, 2.05) is 6.92 Å². The molecule has 1 fully saturated rings. The Balaban J connectivity index is 2.27. The number of nitrogens with zero attached hydrogens (tertiary/aromatic N) is 1. The maximum absolute atomic E-state index is 11.3. The third-order valence-corrected chi connectivity index (χ3v) is 3.85. The van der Waals surface area contributed by atoms with Gasteiger partial charge >= 0.3 is 0 Å². The molecule has 0 aromatic carbocycles. The molecule has 0 aliphatic carbocycles. The second-order valence-corrected chi connectivity index (χ2v) is 5.57. The van der Waals surface area contributed by atoms with E-state index in [0.717, 1.165) is 0 Å². The van der Waals surface area contributed by atoms with E-state index in [2.05, 4.69) is 4.72 Å². The van der Waals surface area contributed by atoms with Crippen molar-refractivity contribution in [2.75, 3.05) is 38.6 Å². The zero-order valence-corrected chi connectivity index (χ0v) is 10.3. The molecule has 94 valence electrons. The minimum Gasteiger partial charge on any atom is -0.370 e. The van der Waals surface area contributed by atoms with Crippen LogP contribution >= 0.6 is 0 Å². The van der Waals surface area contributed by atoms with E-state index in [0.29, 0.717) is 26.1 Å². The van der Waals surface area contributed by atoms with E-state index in [4.69, 9.17) is 4.74 Å². The van der Waals surface area contributed by atoms with Crippen LogP contribution in [0.5, 0.6) is 0 Å². The summed E-state index contributed by atoms with van der Waals surface area (Å²) in [6, 6.07) is 0. The minimum atomic E-state index is -3.17. The molecule has 1 heterocycles. The topological polar surface area (TPSA) is 75.7 Å².